The Kier molecular flexibility index (Phi) is 4.20. The fourth-order valence-electron chi connectivity index (χ4n) is 3.74. The summed E-state index contributed by atoms with van der Waals surface area (Å²) in [6, 6.07) is 18.2. The standard InChI is InChI=1S/C24H22N6/c1-14-8-7-9-18-15(2)12-21(27-23(14)18)30-22(13-16(3)29-30)28-24-17(4)25-19-10-5-6-11-20(19)26-24/h5-13H,1-4H3,(H,26,28). The Bertz CT molecular complexity index is 1420. The van der Waals surface area contributed by atoms with Crippen molar-refractivity contribution in [3.8, 4) is 5.82 Å². The molecule has 0 unspecified atom stereocenters. The second kappa shape index (κ2) is 6.91. The summed E-state index contributed by atoms with van der Waals surface area (Å²) in [4.78, 5) is 14.4. The van der Waals surface area contributed by atoms with Crippen LogP contribution in [0.3, 0.4) is 0 Å². The fraction of sp³-hybridized carbons (Fsp3) is 0.167. The van der Waals surface area contributed by atoms with Gasteiger partial charge in [0.15, 0.2) is 11.6 Å². The Labute approximate surface area is 174 Å². The number of nitrogens with one attached hydrogen (secondary N) is 1. The zero-order chi connectivity index (χ0) is 20.8. The molecule has 2 aromatic carbocycles. The van der Waals surface area contributed by atoms with E-state index >= 15 is 0 Å². The van der Waals surface area contributed by atoms with Crippen molar-refractivity contribution in [2.24, 2.45) is 0 Å². The molecule has 0 spiro atoms. The third kappa shape index (κ3) is 3.06. The normalized spacial score (nSPS) is 11.3. The van der Waals surface area contributed by atoms with Gasteiger partial charge in [-0.15, -0.1) is 0 Å². The zero-order valence-electron chi connectivity index (χ0n) is 17.4. The van der Waals surface area contributed by atoms with Gasteiger partial charge in [0.2, 0.25) is 0 Å². The van der Waals surface area contributed by atoms with Crippen LogP contribution in [-0.4, -0.2) is 24.7 Å². The summed E-state index contributed by atoms with van der Waals surface area (Å²) in [6.45, 7) is 8.12. The third-order valence-corrected chi connectivity index (χ3v) is 5.27. The number of fused-ring (bicyclic) bond motifs is 2. The molecule has 0 saturated carbocycles. The monoisotopic (exact) mass is 394 g/mol. The van der Waals surface area contributed by atoms with Crippen LogP contribution in [0.25, 0.3) is 27.8 Å². The van der Waals surface area contributed by atoms with Crippen LogP contribution in [0.2, 0.25) is 0 Å². The Hall–Kier alpha value is -3.80. The van der Waals surface area contributed by atoms with E-state index in [0.717, 1.165) is 50.5 Å². The van der Waals surface area contributed by atoms with Crippen LogP contribution in [0.5, 0.6) is 0 Å². The average molecular weight is 394 g/mol. The molecule has 0 aliphatic rings. The lowest BCUT2D eigenvalue weighted by Crippen LogP contribution is -2.08. The molecule has 0 bridgehead atoms. The topological polar surface area (TPSA) is 68.5 Å². The first-order valence-electron chi connectivity index (χ1n) is 9.94. The van der Waals surface area contributed by atoms with Crippen molar-refractivity contribution < 1.29 is 0 Å². The van der Waals surface area contributed by atoms with Crippen molar-refractivity contribution in [3.05, 3.63) is 77.1 Å². The quantitative estimate of drug-likeness (QED) is 0.447. The maximum atomic E-state index is 4.92. The number of hydrogen-bond acceptors (Lipinski definition) is 5. The van der Waals surface area contributed by atoms with Crippen LogP contribution in [0.4, 0.5) is 11.6 Å². The van der Waals surface area contributed by atoms with Gasteiger partial charge in [0.1, 0.15) is 5.82 Å². The Morgan fingerprint density at radius 2 is 1.53 bits per heavy atom. The predicted molar refractivity (Wildman–Crippen MR) is 121 cm³/mol. The Balaban J connectivity index is 1.63. The van der Waals surface area contributed by atoms with Gasteiger partial charge in [0, 0.05) is 11.5 Å². The second-order valence-electron chi connectivity index (χ2n) is 7.62. The molecule has 6 nitrogen and oxygen atoms in total. The van der Waals surface area contributed by atoms with Crippen molar-refractivity contribution in [3.63, 3.8) is 0 Å². The molecular weight excluding hydrogens is 372 g/mol. The van der Waals surface area contributed by atoms with E-state index < -0.39 is 0 Å². The number of hydrogen-bond donors (Lipinski definition) is 1. The number of aryl methyl sites for hydroxylation is 4. The van der Waals surface area contributed by atoms with Gasteiger partial charge < -0.3 is 5.32 Å². The van der Waals surface area contributed by atoms with Gasteiger partial charge in [0.05, 0.1) is 27.9 Å². The summed E-state index contributed by atoms with van der Waals surface area (Å²) in [5.41, 5.74) is 6.77. The molecule has 3 heterocycles. The van der Waals surface area contributed by atoms with Crippen molar-refractivity contribution in [2.75, 3.05) is 5.32 Å². The molecule has 5 rings (SSSR count). The summed E-state index contributed by atoms with van der Waals surface area (Å²) < 4.78 is 1.84. The molecule has 0 radical (unpaired) electrons. The SMILES string of the molecule is Cc1cc(Nc2nc3ccccc3nc2C)n(-c2cc(C)c3cccc(C)c3n2)n1. The van der Waals surface area contributed by atoms with Crippen LogP contribution in [0, 0.1) is 27.7 Å². The highest BCUT2D eigenvalue weighted by molar-refractivity contribution is 5.85. The van der Waals surface area contributed by atoms with Crippen LogP contribution in [0.15, 0.2) is 54.6 Å². The van der Waals surface area contributed by atoms with Crippen molar-refractivity contribution in [2.45, 2.75) is 27.7 Å². The maximum Gasteiger partial charge on any atom is 0.156 e. The van der Waals surface area contributed by atoms with Gasteiger partial charge >= 0.3 is 0 Å². The van der Waals surface area contributed by atoms with E-state index in [1.807, 2.05) is 48.9 Å². The molecule has 0 saturated heterocycles. The summed E-state index contributed by atoms with van der Waals surface area (Å²) in [6.07, 6.45) is 0. The number of anilines is 2. The summed E-state index contributed by atoms with van der Waals surface area (Å²) >= 11 is 0. The molecule has 1 N–H and O–H groups in total. The molecule has 0 atom stereocenters. The second-order valence-corrected chi connectivity index (χ2v) is 7.62. The highest BCUT2D eigenvalue weighted by Crippen LogP contribution is 2.26. The van der Waals surface area contributed by atoms with Gasteiger partial charge in [-0.25, -0.2) is 15.0 Å². The van der Waals surface area contributed by atoms with E-state index in [-0.39, 0.29) is 0 Å². The first kappa shape index (κ1) is 18.2. The van der Waals surface area contributed by atoms with Crippen LogP contribution < -0.4 is 5.32 Å². The maximum absolute atomic E-state index is 4.92. The largest absolute Gasteiger partial charge is 0.323 e. The first-order valence-corrected chi connectivity index (χ1v) is 9.94. The fourth-order valence-corrected chi connectivity index (χ4v) is 3.74. The predicted octanol–water partition coefficient (Wildman–Crippen LogP) is 5.34. The minimum absolute atomic E-state index is 0.712. The molecule has 3 aromatic heterocycles. The van der Waals surface area contributed by atoms with E-state index in [1.165, 1.54) is 5.56 Å². The van der Waals surface area contributed by atoms with Gasteiger partial charge in [-0.3, -0.25) is 0 Å². The summed E-state index contributed by atoms with van der Waals surface area (Å²) in [5, 5.41) is 9.27. The van der Waals surface area contributed by atoms with Gasteiger partial charge in [0.25, 0.3) is 0 Å². The molecule has 148 valence electrons. The van der Waals surface area contributed by atoms with Crippen LogP contribution in [-0.2, 0) is 0 Å². The van der Waals surface area contributed by atoms with E-state index in [0.29, 0.717) is 5.82 Å². The van der Waals surface area contributed by atoms with Gasteiger partial charge in [-0.05, 0) is 57.0 Å². The van der Waals surface area contributed by atoms with Gasteiger partial charge in [-0.1, -0.05) is 30.3 Å². The van der Waals surface area contributed by atoms with Crippen molar-refractivity contribution in [1.29, 1.82) is 0 Å². The van der Waals surface area contributed by atoms with Crippen molar-refractivity contribution >= 4 is 33.6 Å². The smallest absolute Gasteiger partial charge is 0.156 e. The Morgan fingerprint density at radius 1 is 0.767 bits per heavy atom. The van der Waals surface area contributed by atoms with Gasteiger partial charge in [-0.2, -0.15) is 9.78 Å². The third-order valence-electron chi connectivity index (χ3n) is 5.27. The minimum Gasteiger partial charge on any atom is -0.323 e. The lowest BCUT2D eigenvalue weighted by Gasteiger charge is -2.13. The highest BCUT2D eigenvalue weighted by atomic mass is 15.4. The van der Waals surface area contributed by atoms with Crippen LogP contribution >= 0.6 is 0 Å². The summed E-state index contributed by atoms with van der Waals surface area (Å²) in [7, 11) is 0. The van der Waals surface area contributed by atoms with E-state index in [9.17, 15) is 0 Å². The first-order chi connectivity index (χ1) is 14.5. The molecule has 0 aliphatic heterocycles. The number of nitrogens with zero attached hydrogens (tertiary/aromatic N) is 5. The van der Waals surface area contributed by atoms with E-state index in [1.54, 1.807) is 0 Å². The Morgan fingerprint density at radius 3 is 2.33 bits per heavy atom. The van der Waals surface area contributed by atoms with Crippen molar-refractivity contribution in [1.82, 2.24) is 24.7 Å². The lowest BCUT2D eigenvalue weighted by atomic mass is 10.1. The number of aromatic nitrogens is 5. The molecule has 5 aromatic rings. The number of para-hydroxylation sites is 3. The highest BCUT2D eigenvalue weighted by Gasteiger charge is 2.14. The molecule has 0 amide bonds. The molecular formula is C24H22N6. The lowest BCUT2D eigenvalue weighted by molar-refractivity contribution is 0.841. The van der Waals surface area contributed by atoms with E-state index in [4.69, 9.17) is 15.1 Å². The molecule has 0 aliphatic carbocycles. The molecule has 30 heavy (non-hydrogen) atoms. The molecule has 6 heteroatoms. The zero-order valence-corrected chi connectivity index (χ0v) is 17.4. The average Bonchev–Trinajstić information content (AvgIpc) is 3.09. The van der Waals surface area contributed by atoms with E-state index in [2.05, 4.69) is 48.4 Å². The summed E-state index contributed by atoms with van der Waals surface area (Å²) in [5.74, 6) is 2.29. The molecule has 0 fully saturated rings. The number of pyridine rings is 1. The number of rotatable bonds is 3. The number of benzene rings is 2. The van der Waals surface area contributed by atoms with Crippen LogP contribution in [0.1, 0.15) is 22.5 Å². The minimum atomic E-state index is 0.712.